The number of carbonyl (C=O) groups is 1. The lowest BCUT2D eigenvalue weighted by Gasteiger charge is -1.99. The molecular weight excluding hydrogens is 220 g/mol. The summed E-state index contributed by atoms with van der Waals surface area (Å²) in [6, 6.07) is 5.25. The van der Waals surface area contributed by atoms with E-state index >= 15 is 0 Å². The molecule has 0 amide bonds. The Hall–Kier alpha value is -2.36. The number of aliphatic carboxylic acids is 1. The van der Waals surface area contributed by atoms with E-state index in [1.165, 1.54) is 12.3 Å². The Kier molecular flexibility index (Phi) is 2.78. The Labute approximate surface area is 96.8 Å². The van der Waals surface area contributed by atoms with Gasteiger partial charge in [-0.2, -0.15) is 0 Å². The molecule has 0 saturated carbocycles. The van der Waals surface area contributed by atoms with Crippen molar-refractivity contribution in [2.45, 2.75) is 6.92 Å². The van der Waals surface area contributed by atoms with Crippen LogP contribution in [0, 0.1) is 6.92 Å². The molecular formula is C13H9O4-. The van der Waals surface area contributed by atoms with E-state index in [-0.39, 0.29) is 11.0 Å². The Morgan fingerprint density at radius 1 is 1.41 bits per heavy atom. The summed E-state index contributed by atoms with van der Waals surface area (Å²) in [4.78, 5) is 22.2. The summed E-state index contributed by atoms with van der Waals surface area (Å²) in [5, 5.41) is 10.7. The highest BCUT2D eigenvalue weighted by Gasteiger charge is 2.04. The molecule has 0 aliphatic heterocycles. The van der Waals surface area contributed by atoms with E-state index in [9.17, 15) is 14.7 Å². The summed E-state index contributed by atoms with van der Waals surface area (Å²) in [5.74, 6) is -1.35. The maximum absolute atomic E-state index is 12.0. The van der Waals surface area contributed by atoms with E-state index in [4.69, 9.17) is 4.42 Å². The molecule has 1 heterocycles. The molecule has 0 fully saturated rings. The van der Waals surface area contributed by atoms with Crippen LogP contribution in [0.5, 0.6) is 0 Å². The van der Waals surface area contributed by atoms with Gasteiger partial charge >= 0.3 is 0 Å². The first-order valence-corrected chi connectivity index (χ1v) is 4.99. The highest BCUT2D eigenvalue weighted by molar-refractivity contribution is 5.85. The zero-order valence-corrected chi connectivity index (χ0v) is 9.10. The van der Waals surface area contributed by atoms with Crippen molar-refractivity contribution in [1.82, 2.24) is 0 Å². The standard InChI is InChI=1S/C13H10O4/c1-8-2-4-11-10(6-8)13(16)9(7-17-11)3-5-12(14)15/h2-7H,1H3,(H,14,15)/p-1/b5-3+. The van der Waals surface area contributed by atoms with Gasteiger partial charge in [0.15, 0.2) is 5.43 Å². The minimum Gasteiger partial charge on any atom is -0.545 e. The zero-order valence-electron chi connectivity index (χ0n) is 9.10. The normalized spacial score (nSPS) is 11.1. The van der Waals surface area contributed by atoms with Crippen LogP contribution in [0.4, 0.5) is 0 Å². The SMILES string of the molecule is Cc1ccc2occ(/C=C/C(=O)[O-])c(=O)c2c1. The molecule has 0 aliphatic carbocycles. The van der Waals surface area contributed by atoms with Crippen molar-refractivity contribution in [1.29, 1.82) is 0 Å². The molecule has 0 spiro atoms. The monoisotopic (exact) mass is 229 g/mol. The maximum Gasteiger partial charge on any atom is 0.199 e. The van der Waals surface area contributed by atoms with Gasteiger partial charge in [-0.15, -0.1) is 0 Å². The van der Waals surface area contributed by atoms with Crippen LogP contribution in [-0.4, -0.2) is 5.97 Å². The van der Waals surface area contributed by atoms with Gasteiger partial charge in [0.25, 0.3) is 0 Å². The van der Waals surface area contributed by atoms with Crippen LogP contribution < -0.4 is 10.5 Å². The quantitative estimate of drug-likeness (QED) is 0.716. The largest absolute Gasteiger partial charge is 0.545 e. The van der Waals surface area contributed by atoms with Crippen molar-refractivity contribution in [3.63, 3.8) is 0 Å². The van der Waals surface area contributed by atoms with Gasteiger partial charge in [-0.1, -0.05) is 11.6 Å². The molecule has 4 heteroatoms. The van der Waals surface area contributed by atoms with E-state index in [0.717, 1.165) is 11.6 Å². The van der Waals surface area contributed by atoms with E-state index < -0.39 is 5.97 Å². The summed E-state index contributed by atoms with van der Waals surface area (Å²) < 4.78 is 5.25. The number of carboxylic acid groups (broad SMARTS) is 1. The molecule has 0 aliphatic rings. The number of carbonyl (C=O) groups excluding carboxylic acids is 1. The van der Waals surface area contributed by atoms with Crippen molar-refractivity contribution < 1.29 is 14.3 Å². The van der Waals surface area contributed by atoms with Crippen LogP contribution in [0.25, 0.3) is 17.0 Å². The van der Waals surface area contributed by atoms with E-state index in [2.05, 4.69) is 0 Å². The molecule has 86 valence electrons. The van der Waals surface area contributed by atoms with Gasteiger partial charge in [-0.25, -0.2) is 0 Å². The number of hydrogen-bond acceptors (Lipinski definition) is 4. The summed E-state index contributed by atoms with van der Waals surface area (Å²) in [6.07, 6.45) is 3.20. The maximum atomic E-state index is 12.0. The first-order valence-electron chi connectivity index (χ1n) is 4.99. The van der Waals surface area contributed by atoms with Gasteiger partial charge in [-0.3, -0.25) is 4.79 Å². The lowest BCUT2D eigenvalue weighted by Crippen LogP contribution is -2.18. The minimum absolute atomic E-state index is 0.187. The predicted molar refractivity (Wildman–Crippen MR) is 61.3 cm³/mol. The average Bonchev–Trinajstić information content (AvgIpc) is 2.29. The molecule has 4 nitrogen and oxygen atoms in total. The molecule has 0 bridgehead atoms. The molecule has 0 radical (unpaired) electrons. The van der Waals surface area contributed by atoms with Crippen molar-refractivity contribution in [3.8, 4) is 0 Å². The van der Waals surface area contributed by atoms with Crippen LogP contribution >= 0.6 is 0 Å². The predicted octanol–water partition coefficient (Wildman–Crippen LogP) is 0.865. The summed E-state index contributed by atoms with van der Waals surface area (Å²) in [7, 11) is 0. The fourth-order valence-corrected chi connectivity index (χ4v) is 1.53. The average molecular weight is 229 g/mol. The van der Waals surface area contributed by atoms with Crippen LogP contribution in [0.1, 0.15) is 11.1 Å². The van der Waals surface area contributed by atoms with Gasteiger partial charge in [-0.05, 0) is 31.2 Å². The number of carboxylic acids is 1. The third-order valence-electron chi connectivity index (χ3n) is 2.35. The van der Waals surface area contributed by atoms with Crippen LogP contribution in [-0.2, 0) is 4.79 Å². The van der Waals surface area contributed by atoms with Crippen molar-refractivity contribution >= 4 is 23.0 Å². The molecule has 0 unspecified atom stereocenters. The van der Waals surface area contributed by atoms with Crippen LogP contribution in [0.3, 0.4) is 0 Å². The number of aryl methyl sites for hydroxylation is 1. The topological polar surface area (TPSA) is 70.3 Å². The van der Waals surface area contributed by atoms with E-state index in [1.54, 1.807) is 12.1 Å². The first-order chi connectivity index (χ1) is 8.08. The Morgan fingerprint density at radius 3 is 2.88 bits per heavy atom. The summed E-state index contributed by atoms with van der Waals surface area (Å²) >= 11 is 0. The van der Waals surface area contributed by atoms with Crippen molar-refractivity contribution in [2.24, 2.45) is 0 Å². The third kappa shape index (κ3) is 2.25. The summed E-state index contributed by atoms with van der Waals surface area (Å²) in [6.45, 7) is 1.86. The zero-order chi connectivity index (χ0) is 12.4. The smallest absolute Gasteiger partial charge is 0.199 e. The third-order valence-corrected chi connectivity index (χ3v) is 2.35. The van der Waals surface area contributed by atoms with Gasteiger partial charge in [0.1, 0.15) is 11.8 Å². The molecule has 1 aromatic carbocycles. The Balaban J connectivity index is 2.65. The molecule has 0 saturated heterocycles. The lowest BCUT2D eigenvalue weighted by molar-refractivity contribution is -0.297. The molecule has 1 aromatic heterocycles. The minimum atomic E-state index is -1.35. The van der Waals surface area contributed by atoms with Gasteiger partial charge in [0.05, 0.1) is 16.9 Å². The van der Waals surface area contributed by atoms with Crippen LogP contribution in [0.15, 0.2) is 39.7 Å². The van der Waals surface area contributed by atoms with Crippen molar-refractivity contribution in [2.75, 3.05) is 0 Å². The molecule has 2 rings (SSSR count). The van der Waals surface area contributed by atoms with Crippen molar-refractivity contribution in [3.05, 3.63) is 51.9 Å². The fourth-order valence-electron chi connectivity index (χ4n) is 1.53. The summed E-state index contributed by atoms with van der Waals surface area (Å²) in [5.41, 5.74) is 1.34. The number of rotatable bonds is 2. The fraction of sp³-hybridized carbons (Fsp3) is 0.0769. The Morgan fingerprint density at radius 2 is 2.18 bits per heavy atom. The molecule has 0 N–H and O–H groups in total. The number of hydrogen-bond donors (Lipinski definition) is 0. The molecule has 17 heavy (non-hydrogen) atoms. The Bertz CT molecular complexity index is 665. The number of fused-ring (bicyclic) bond motifs is 1. The second kappa shape index (κ2) is 4.25. The van der Waals surface area contributed by atoms with Crippen LogP contribution in [0.2, 0.25) is 0 Å². The second-order valence-corrected chi connectivity index (χ2v) is 3.67. The lowest BCUT2D eigenvalue weighted by atomic mass is 10.1. The van der Waals surface area contributed by atoms with Gasteiger partial charge < -0.3 is 14.3 Å². The molecule has 0 atom stereocenters. The van der Waals surface area contributed by atoms with Gasteiger partial charge in [0, 0.05) is 0 Å². The van der Waals surface area contributed by atoms with E-state index in [0.29, 0.717) is 11.0 Å². The van der Waals surface area contributed by atoms with Gasteiger partial charge in [0.2, 0.25) is 0 Å². The van der Waals surface area contributed by atoms with E-state index in [1.807, 2.05) is 13.0 Å². The second-order valence-electron chi connectivity index (χ2n) is 3.67. The molecule has 2 aromatic rings. The number of benzene rings is 1. The highest BCUT2D eigenvalue weighted by Crippen LogP contribution is 2.13. The highest BCUT2D eigenvalue weighted by atomic mass is 16.4. The first kappa shape index (κ1) is 11.1.